The topological polar surface area (TPSA) is 41.1 Å². The molecule has 12 heavy (non-hydrogen) atoms. The zero-order valence-corrected chi connectivity index (χ0v) is 8.57. The molecule has 2 heterocycles. The quantitative estimate of drug-likeness (QED) is 0.561. The molecule has 0 aromatic carbocycles. The fraction of sp³-hybridized carbons (Fsp3) is 0.875. The first-order valence-electron chi connectivity index (χ1n) is 4.46. The van der Waals surface area contributed by atoms with Gasteiger partial charge in [0.1, 0.15) is 0 Å². The van der Waals surface area contributed by atoms with E-state index in [0.29, 0.717) is 17.3 Å². The third-order valence-electron chi connectivity index (χ3n) is 2.09. The van der Waals surface area contributed by atoms with E-state index in [9.17, 15) is 4.79 Å². The molecule has 2 aliphatic heterocycles. The Morgan fingerprint density at radius 2 is 2.08 bits per heavy atom. The molecule has 2 amide bonds. The lowest BCUT2D eigenvalue weighted by atomic mass is 10.1. The molecule has 2 unspecified atom stereocenters. The average molecular weight is 188 g/mol. The molecule has 2 rings (SSSR count). The van der Waals surface area contributed by atoms with Gasteiger partial charge in [-0.1, -0.05) is 20.8 Å². The van der Waals surface area contributed by atoms with Gasteiger partial charge in [0.25, 0.3) is 0 Å². The van der Waals surface area contributed by atoms with Crippen LogP contribution in [0.15, 0.2) is 0 Å². The van der Waals surface area contributed by atoms with Gasteiger partial charge < -0.3 is 10.6 Å². The maximum atomic E-state index is 10.8. The van der Waals surface area contributed by atoms with Gasteiger partial charge in [0.15, 0.2) is 0 Å². The second kappa shape index (κ2) is 4.03. The summed E-state index contributed by atoms with van der Waals surface area (Å²) < 4.78 is 0. The smallest absolute Gasteiger partial charge is 0.315 e. The van der Waals surface area contributed by atoms with Gasteiger partial charge in [-0.3, -0.25) is 0 Å². The van der Waals surface area contributed by atoms with E-state index in [1.165, 1.54) is 0 Å². The number of amides is 2. The molecular formula is C8H16N2OS. The zero-order valence-electron chi connectivity index (χ0n) is 7.76. The van der Waals surface area contributed by atoms with E-state index in [-0.39, 0.29) is 6.03 Å². The first kappa shape index (κ1) is 9.71. The molecule has 0 saturated carbocycles. The van der Waals surface area contributed by atoms with Crippen LogP contribution in [0.3, 0.4) is 0 Å². The van der Waals surface area contributed by atoms with Crippen molar-refractivity contribution in [1.29, 1.82) is 0 Å². The maximum absolute atomic E-state index is 10.8. The van der Waals surface area contributed by atoms with E-state index in [0.717, 1.165) is 5.75 Å². The van der Waals surface area contributed by atoms with Gasteiger partial charge in [0, 0.05) is 11.0 Å². The van der Waals surface area contributed by atoms with Crippen LogP contribution < -0.4 is 10.6 Å². The van der Waals surface area contributed by atoms with Crippen LogP contribution in [0.25, 0.3) is 0 Å². The van der Waals surface area contributed by atoms with E-state index in [1.54, 1.807) is 0 Å². The van der Waals surface area contributed by atoms with Gasteiger partial charge in [0.05, 0.1) is 12.1 Å². The number of thioether (sulfide) groups is 1. The lowest BCUT2D eigenvalue weighted by Gasteiger charge is -2.09. The van der Waals surface area contributed by atoms with Crippen LogP contribution in [0.5, 0.6) is 0 Å². The zero-order chi connectivity index (χ0) is 9.14. The highest BCUT2D eigenvalue weighted by Gasteiger charge is 2.40. The van der Waals surface area contributed by atoms with Gasteiger partial charge in [-0.2, -0.15) is 11.8 Å². The Bertz CT molecular complexity index is 174. The molecule has 2 saturated heterocycles. The summed E-state index contributed by atoms with van der Waals surface area (Å²) >= 11 is 1.91. The van der Waals surface area contributed by atoms with Crippen LogP contribution in [0, 0.1) is 0 Å². The van der Waals surface area contributed by atoms with Crippen molar-refractivity contribution in [2.24, 2.45) is 0 Å². The summed E-state index contributed by atoms with van der Waals surface area (Å²) in [7, 11) is 0. The molecule has 0 aromatic rings. The van der Waals surface area contributed by atoms with E-state index < -0.39 is 0 Å². The number of carbonyl (C=O) groups excluding carboxylic acids is 1. The summed E-state index contributed by atoms with van der Waals surface area (Å²) in [6.07, 6.45) is 0. The second-order valence-electron chi connectivity index (χ2n) is 2.79. The first-order chi connectivity index (χ1) is 5.77. The van der Waals surface area contributed by atoms with Gasteiger partial charge >= 0.3 is 6.03 Å². The lowest BCUT2D eigenvalue weighted by molar-refractivity contribution is 0.247. The predicted octanol–water partition coefficient (Wildman–Crippen LogP) is 1.20. The Morgan fingerprint density at radius 3 is 2.67 bits per heavy atom. The summed E-state index contributed by atoms with van der Waals surface area (Å²) in [5, 5.41) is 6.34. The van der Waals surface area contributed by atoms with Crippen molar-refractivity contribution in [2.75, 3.05) is 5.75 Å². The minimum atomic E-state index is 0.00199. The minimum Gasteiger partial charge on any atom is -0.332 e. The number of rotatable bonds is 0. The Morgan fingerprint density at radius 1 is 1.42 bits per heavy atom. The molecule has 3 atom stereocenters. The minimum absolute atomic E-state index is 0.00199. The Labute approximate surface area is 77.7 Å². The molecule has 70 valence electrons. The third-order valence-corrected chi connectivity index (χ3v) is 3.46. The Kier molecular flexibility index (Phi) is 3.26. The molecule has 0 aliphatic carbocycles. The fourth-order valence-corrected chi connectivity index (χ4v) is 2.77. The predicted molar refractivity (Wildman–Crippen MR) is 52.5 cm³/mol. The largest absolute Gasteiger partial charge is 0.332 e. The maximum Gasteiger partial charge on any atom is 0.315 e. The van der Waals surface area contributed by atoms with Crippen LogP contribution in [-0.2, 0) is 0 Å². The van der Waals surface area contributed by atoms with Crippen LogP contribution >= 0.6 is 11.8 Å². The van der Waals surface area contributed by atoms with Gasteiger partial charge in [0.2, 0.25) is 0 Å². The molecular weight excluding hydrogens is 172 g/mol. The van der Waals surface area contributed by atoms with Crippen molar-refractivity contribution in [2.45, 2.75) is 38.1 Å². The second-order valence-corrected chi connectivity index (χ2v) is 4.20. The molecule has 0 aromatic heterocycles. The van der Waals surface area contributed by atoms with Gasteiger partial charge in [-0.15, -0.1) is 0 Å². The van der Waals surface area contributed by atoms with E-state index in [1.807, 2.05) is 25.6 Å². The molecule has 2 aliphatic rings. The van der Waals surface area contributed by atoms with E-state index in [2.05, 4.69) is 17.6 Å². The number of carbonyl (C=O) groups is 1. The van der Waals surface area contributed by atoms with Crippen molar-refractivity contribution in [3.8, 4) is 0 Å². The summed E-state index contributed by atoms with van der Waals surface area (Å²) in [5.74, 6) is 1.06. The highest BCUT2D eigenvalue weighted by molar-refractivity contribution is 8.00. The number of nitrogens with one attached hydrogen (secondary N) is 2. The van der Waals surface area contributed by atoms with Crippen LogP contribution in [0.2, 0.25) is 0 Å². The molecule has 4 heteroatoms. The fourth-order valence-electron chi connectivity index (χ4n) is 1.50. The van der Waals surface area contributed by atoms with Crippen molar-refractivity contribution in [3.05, 3.63) is 0 Å². The lowest BCUT2D eigenvalue weighted by Crippen LogP contribution is -2.35. The third kappa shape index (κ3) is 1.68. The van der Waals surface area contributed by atoms with Gasteiger partial charge in [-0.25, -0.2) is 4.79 Å². The molecule has 0 bridgehead atoms. The molecule has 2 fully saturated rings. The Hall–Kier alpha value is -0.380. The van der Waals surface area contributed by atoms with Gasteiger partial charge in [-0.05, 0) is 0 Å². The molecule has 3 nitrogen and oxygen atoms in total. The summed E-state index contributed by atoms with van der Waals surface area (Å²) in [6, 6.07) is 0.757. The highest BCUT2D eigenvalue weighted by atomic mass is 32.2. The Balaban J connectivity index is 0.000000336. The standard InChI is InChI=1S/C6H10N2OS.C2H6/c1-3-5-4(2-10-3)7-6(9)8-5;1-2/h3-5H,2H2,1H3,(H2,7,8,9);1-2H3/t3-,4?,5?;/m0./s1. The number of urea groups is 1. The normalized spacial score (nSPS) is 37.6. The van der Waals surface area contributed by atoms with Crippen molar-refractivity contribution in [3.63, 3.8) is 0 Å². The highest BCUT2D eigenvalue weighted by Crippen LogP contribution is 2.28. The van der Waals surface area contributed by atoms with Crippen LogP contribution in [0.1, 0.15) is 20.8 Å². The van der Waals surface area contributed by atoms with E-state index >= 15 is 0 Å². The summed E-state index contributed by atoms with van der Waals surface area (Å²) in [5.41, 5.74) is 0. The number of hydrogen-bond donors (Lipinski definition) is 2. The molecule has 2 N–H and O–H groups in total. The SMILES string of the molecule is CC.C[C@@H]1SCC2NC(=O)NC21. The number of hydrogen-bond acceptors (Lipinski definition) is 2. The monoisotopic (exact) mass is 188 g/mol. The van der Waals surface area contributed by atoms with Crippen LogP contribution in [-0.4, -0.2) is 29.1 Å². The molecule has 0 spiro atoms. The average Bonchev–Trinajstić information content (AvgIpc) is 2.58. The molecule has 0 radical (unpaired) electrons. The summed E-state index contributed by atoms with van der Waals surface area (Å²) in [4.78, 5) is 10.8. The first-order valence-corrected chi connectivity index (χ1v) is 5.51. The van der Waals surface area contributed by atoms with Crippen molar-refractivity contribution < 1.29 is 4.79 Å². The summed E-state index contributed by atoms with van der Waals surface area (Å²) in [6.45, 7) is 6.16. The van der Waals surface area contributed by atoms with E-state index in [4.69, 9.17) is 0 Å². The van der Waals surface area contributed by atoms with Crippen molar-refractivity contribution in [1.82, 2.24) is 10.6 Å². The van der Waals surface area contributed by atoms with Crippen molar-refractivity contribution >= 4 is 17.8 Å². The number of fused-ring (bicyclic) bond motifs is 1. The van der Waals surface area contributed by atoms with Crippen LogP contribution in [0.4, 0.5) is 4.79 Å².